The van der Waals surface area contributed by atoms with E-state index in [-0.39, 0.29) is 17.9 Å². The Balaban J connectivity index is 1.71. The lowest BCUT2D eigenvalue weighted by molar-refractivity contribution is -0.115. The third-order valence-electron chi connectivity index (χ3n) is 5.53. The molecule has 0 aliphatic rings. The largest absolute Gasteiger partial charge is 0.326 e. The molecule has 7 nitrogen and oxygen atoms in total. The average Bonchev–Trinajstić information content (AvgIpc) is 3.19. The first-order valence-corrected chi connectivity index (χ1v) is 9.73. The first-order chi connectivity index (χ1) is 14.4. The van der Waals surface area contributed by atoms with Crippen LogP contribution < -0.4 is 10.9 Å². The van der Waals surface area contributed by atoms with Crippen LogP contribution in [0.3, 0.4) is 0 Å². The van der Waals surface area contributed by atoms with Crippen LogP contribution in [0.15, 0.2) is 53.3 Å². The van der Waals surface area contributed by atoms with Crippen molar-refractivity contribution in [1.82, 2.24) is 19.2 Å². The van der Waals surface area contributed by atoms with Crippen molar-refractivity contribution >= 4 is 17.4 Å². The highest BCUT2D eigenvalue weighted by Gasteiger charge is 2.19. The van der Waals surface area contributed by atoms with Crippen molar-refractivity contribution in [2.24, 2.45) is 7.05 Å². The average molecular weight is 401 g/mol. The van der Waals surface area contributed by atoms with Crippen LogP contribution in [-0.4, -0.2) is 25.1 Å². The second-order valence-corrected chi connectivity index (χ2v) is 7.41. The summed E-state index contributed by atoms with van der Waals surface area (Å²) < 4.78 is 3.07. The molecule has 2 heterocycles. The molecule has 0 unspecified atom stereocenters. The molecule has 2 aromatic heterocycles. The van der Waals surface area contributed by atoms with Gasteiger partial charge in [0.1, 0.15) is 0 Å². The van der Waals surface area contributed by atoms with Crippen molar-refractivity contribution in [2.45, 2.75) is 27.2 Å². The number of anilines is 1. The van der Waals surface area contributed by atoms with E-state index in [0.29, 0.717) is 22.9 Å². The zero-order chi connectivity index (χ0) is 21.4. The van der Waals surface area contributed by atoms with E-state index < -0.39 is 0 Å². The standard InChI is InChI=1S/C23H23N5O2/c1-14-9-8-12-19(15(14)2)24-20(29)13-18-16(3)27(4)23-25-21(26-28(23)22(18)30)17-10-6-5-7-11-17/h5-12H,13H2,1-4H3,(H,24,29). The molecule has 0 bridgehead atoms. The highest BCUT2D eigenvalue weighted by Crippen LogP contribution is 2.19. The SMILES string of the molecule is Cc1cccc(NC(=O)Cc2c(C)n(C)c3nc(-c4ccccc4)nn3c2=O)c1C. The lowest BCUT2D eigenvalue weighted by atomic mass is 10.1. The van der Waals surface area contributed by atoms with E-state index in [1.165, 1.54) is 4.52 Å². The first kappa shape index (κ1) is 19.6. The first-order valence-electron chi connectivity index (χ1n) is 9.73. The molecular formula is C23H23N5O2. The van der Waals surface area contributed by atoms with Crippen LogP contribution in [0.5, 0.6) is 0 Å². The molecule has 0 atom stereocenters. The van der Waals surface area contributed by atoms with E-state index in [1.54, 1.807) is 4.57 Å². The molecule has 152 valence electrons. The molecule has 0 saturated heterocycles. The van der Waals surface area contributed by atoms with Gasteiger partial charge in [-0.3, -0.25) is 9.59 Å². The van der Waals surface area contributed by atoms with Crippen LogP contribution in [0.2, 0.25) is 0 Å². The fraction of sp³-hybridized carbons (Fsp3) is 0.217. The van der Waals surface area contributed by atoms with Gasteiger partial charge in [-0.05, 0) is 38.0 Å². The topological polar surface area (TPSA) is 81.3 Å². The van der Waals surface area contributed by atoms with Gasteiger partial charge in [-0.25, -0.2) is 0 Å². The van der Waals surface area contributed by atoms with Crippen molar-refractivity contribution in [3.63, 3.8) is 0 Å². The lowest BCUT2D eigenvalue weighted by Gasteiger charge is -2.13. The summed E-state index contributed by atoms with van der Waals surface area (Å²) in [6.07, 6.45) is -0.0393. The van der Waals surface area contributed by atoms with Crippen LogP contribution in [0.25, 0.3) is 17.2 Å². The van der Waals surface area contributed by atoms with E-state index in [1.807, 2.05) is 76.3 Å². The maximum Gasteiger partial charge on any atom is 0.279 e. The highest BCUT2D eigenvalue weighted by molar-refractivity contribution is 5.93. The van der Waals surface area contributed by atoms with Crippen molar-refractivity contribution < 1.29 is 4.79 Å². The van der Waals surface area contributed by atoms with E-state index in [2.05, 4.69) is 15.4 Å². The summed E-state index contributed by atoms with van der Waals surface area (Å²) >= 11 is 0. The minimum atomic E-state index is -0.327. The maximum atomic E-state index is 13.1. The maximum absolute atomic E-state index is 13.1. The predicted molar refractivity (Wildman–Crippen MR) is 117 cm³/mol. The molecule has 0 spiro atoms. The van der Waals surface area contributed by atoms with Crippen molar-refractivity contribution in [3.05, 3.63) is 81.3 Å². The minimum absolute atomic E-state index is 0.0393. The Labute approximate surface area is 174 Å². The number of carbonyl (C=O) groups excluding carboxylic acids is 1. The molecule has 0 fully saturated rings. The lowest BCUT2D eigenvalue weighted by Crippen LogP contribution is -2.28. The summed E-state index contributed by atoms with van der Waals surface area (Å²) in [7, 11) is 1.82. The normalized spacial score (nSPS) is 11.1. The summed E-state index contributed by atoms with van der Waals surface area (Å²) in [6, 6.07) is 15.2. The number of benzene rings is 2. The van der Waals surface area contributed by atoms with Crippen molar-refractivity contribution in [2.75, 3.05) is 5.32 Å². The Morgan fingerprint density at radius 1 is 1.03 bits per heavy atom. The Morgan fingerprint density at radius 2 is 1.77 bits per heavy atom. The minimum Gasteiger partial charge on any atom is -0.326 e. The summed E-state index contributed by atoms with van der Waals surface area (Å²) in [4.78, 5) is 30.4. The van der Waals surface area contributed by atoms with Gasteiger partial charge in [0.2, 0.25) is 11.7 Å². The van der Waals surface area contributed by atoms with E-state index in [0.717, 1.165) is 22.4 Å². The predicted octanol–water partition coefficient (Wildman–Crippen LogP) is 3.20. The van der Waals surface area contributed by atoms with Gasteiger partial charge in [-0.2, -0.15) is 9.50 Å². The molecule has 0 radical (unpaired) electrons. The third kappa shape index (κ3) is 3.39. The molecule has 2 aromatic carbocycles. The van der Waals surface area contributed by atoms with Gasteiger partial charge in [-0.15, -0.1) is 5.10 Å². The Hall–Kier alpha value is -3.74. The summed E-state index contributed by atoms with van der Waals surface area (Å²) in [6.45, 7) is 5.77. The van der Waals surface area contributed by atoms with E-state index >= 15 is 0 Å². The van der Waals surface area contributed by atoms with E-state index in [9.17, 15) is 9.59 Å². The summed E-state index contributed by atoms with van der Waals surface area (Å²) in [5.74, 6) is 0.668. The zero-order valence-electron chi connectivity index (χ0n) is 17.4. The number of amides is 1. The van der Waals surface area contributed by atoms with Gasteiger partial charge in [0.25, 0.3) is 5.56 Å². The number of rotatable bonds is 4. The second-order valence-electron chi connectivity index (χ2n) is 7.41. The van der Waals surface area contributed by atoms with Crippen LogP contribution in [0, 0.1) is 20.8 Å². The molecule has 1 N–H and O–H groups in total. The number of nitrogens with one attached hydrogen (secondary N) is 1. The Kier molecular flexibility index (Phi) is 4.95. The fourth-order valence-electron chi connectivity index (χ4n) is 3.45. The number of aromatic nitrogens is 4. The molecule has 0 aliphatic carbocycles. The van der Waals surface area contributed by atoms with Gasteiger partial charge in [0.05, 0.1) is 6.42 Å². The monoisotopic (exact) mass is 401 g/mol. The number of hydrogen-bond acceptors (Lipinski definition) is 4. The van der Waals surface area contributed by atoms with Crippen LogP contribution in [0.4, 0.5) is 5.69 Å². The Bertz CT molecular complexity index is 1320. The quantitative estimate of drug-likeness (QED) is 0.569. The van der Waals surface area contributed by atoms with Gasteiger partial charge in [-0.1, -0.05) is 42.5 Å². The second kappa shape index (κ2) is 7.59. The van der Waals surface area contributed by atoms with E-state index in [4.69, 9.17) is 0 Å². The summed E-state index contributed by atoms with van der Waals surface area (Å²) in [5.41, 5.74) is 4.45. The van der Waals surface area contributed by atoms with Crippen LogP contribution >= 0.6 is 0 Å². The molecular weight excluding hydrogens is 378 g/mol. The number of fused-ring (bicyclic) bond motifs is 1. The smallest absolute Gasteiger partial charge is 0.279 e. The highest BCUT2D eigenvalue weighted by atomic mass is 16.2. The Morgan fingerprint density at radius 3 is 2.50 bits per heavy atom. The zero-order valence-corrected chi connectivity index (χ0v) is 17.4. The van der Waals surface area contributed by atoms with Crippen LogP contribution in [0.1, 0.15) is 22.4 Å². The number of nitrogens with zero attached hydrogens (tertiary/aromatic N) is 4. The van der Waals surface area contributed by atoms with Crippen molar-refractivity contribution in [1.29, 1.82) is 0 Å². The van der Waals surface area contributed by atoms with Gasteiger partial charge >= 0.3 is 0 Å². The number of hydrogen-bond donors (Lipinski definition) is 1. The molecule has 0 aliphatic heterocycles. The van der Waals surface area contributed by atoms with Gasteiger partial charge < -0.3 is 9.88 Å². The van der Waals surface area contributed by atoms with Crippen LogP contribution in [-0.2, 0) is 18.3 Å². The molecule has 4 rings (SSSR count). The molecule has 0 saturated carbocycles. The number of aryl methyl sites for hydroxylation is 2. The van der Waals surface area contributed by atoms with Gasteiger partial charge in [0, 0.05) is 29.6 Å². The molecule has 7 heteroatoms. The number of carbonyl (C=O) groups is 1. The third-order valence-corrected chi connectivity index (χ3v) is 5.53. The molecule has 30 heavy (non-hydrogen) atoms. The van der Waals surface area contributed by atoms with Crippen molar-refractivity contribution in [3.8, 4) is 11.4 Å². The fourth-order valence-corrected chi connectivity index (χ4v) is 3.45. The molecule has 4 aromatic rings. The summed E-state index contributed by atoms with van der Waals surface area (Å²) in [5, 5.41) is 7.32. The molecule has 1 amide bonds. The van der Waals surface area contributed by atoms with Gasteiger partial charge in [0.15, 0.2) is 5.82 Å².